The van der Waals surface area contributed by atoms with Crippen LogP contribution in [0.4, 0.5) is 8.78 Å². The van der Waals surface area contributed by atoms with Gasteiger partial charge in [0.1, 0.15) is 17.5 Å². The molecule has 4 saturated heterocycles. The van der Waals surface area contributed by atoms with Gasteiger partial charge in [0, 0.05) is 53.9 Å². The van der Waals surface area contributed by atoms with Crippen LogP contribution in [0.15, 0.2) is 35.9 Å². The number of amides is 3. The molecule has 41 heavy (non-hydrogen) atoms. The van der Waals surface area contributed by atoms with Crippen molar-refractivity contribution in [3.63, 3.8) is 0 Å². The number of nitrogens with one attached hydrogen (secondary N) is 3. The van der Waals surface area contributed by atoms with Crippen LogP contribution >= 0.6 is 0 Å². The number of aromatic nitrogens is 1. The topological polar surface area (TPSA) is 130 Å². The summed E-state index contributed by atoms with van der Waals surface area (Å²) in [6.45, 7) is 0.713. The largest absolute Gasteiger partial charge is 0.496 e. The van der Waals surface area contributed by atoms with Crippen LogP contribution in [0.5, 0.6) is 5.75 Å². The van der Waals surface area contributed by atoms with E-state index in [9.17, 15) is 19.2 Å². The summed E-state index contributed by atoms with van der Waals surface area (Å²) >= 11 is 0. The zero-order valence-corrected chi connectivity index (χ0v) is 22.6. The van der Waals surface area contributed by atoms with Gasteiger partial charge in [-0.1, -0.05) is 12.1 Å². The zero-order chi connectivity index (χ0) is 28.9. The van der Waals surface area contributed by atoms with E-state index in [1.165, 1.54) is 12.0 Å². The highest BCUT2D eigenvalue weighted by Crippen LogP contribution is 2.49. The molecule has 1 aromatic carbocycles. The molecule has 3 N–H and O–H groups in total. The molecule has 0 spiro atoms. The van der Waals surface area contributed by atoms with Crippen LogP contribution in [0, 0.1) is 11.8 Å². The molecule has 5 heterocycles. The number of piperidine rings is 2. The Labute approximate surface area is 234 Å². The lowest BCUT2D eigenvalue weighted by molar-refractivity contribution is -0.179. The number of halogens is 2. The van der Waals surface area contributed by atoms with Crippen molar-refractivity contribution >= 4 is 34.6 Å². The maximum Gasteiger partial charge on any atom is 0.333 e. The Kier molecular flexibility index (Phi) is 6.95. The molecule has 7 rings (SSSR count). The standard InChI is InChI=1S/C29H32F2N4O6/c1-40-23-4-2-3-21-19(23)13-22(34-21)27(38)35-18-5-6-20(29(30,31)14-18)24(35)26(37)33-17(11-15-7-9-32-25(15)36)12-16-8-10-41-28(16)39/h2-4,12-13,15,17-18,20,24,34H,5-11,14H2,1H3,(H,32,36)(H,33,37)/b16-12+/t15-,17-,18+,20+,24-/m0/s1. The third-order valence-corrected chi connectivity index (χ3v) is 8.81. The summed E-state index contributed by atoms with van der Waals surface area (Å²) in [6, 6.07) is 3.89. The van der Waals surface area contributed by atoms with Gasteiger partial charge in [0.15, 0.2) is 0 Å². The highest BCUT2D eigenvalue weighted by molar-refractivity contribution is 6.02. The fourth-order valence-corrected chi connectivity index (χ4v) is 6.81. The molecule has 5 atom stereocenters. The number of cyclic esters (lactones) is 1. The number of fused-ring (bicyclic) bond motifs is 4. The van der Waals surface area contributed by atoms with Gasteiger partial charge in [-0.3, -0.25) is 14.4 Å². The number of hydrogen-bond donors (Lipinski definition) is 3. The number of hydrogen-bond acceptors (Lipinski definition) is 6. The average molecular weight is 571 g/mol. The first-order valence-electron chi connectivity index (χ1n) is 14.0. The van der Waals surface area contributed by atoms with Gasteiger partial charge in [0.25, 0.3) is 11.8 Å². The van der Waals surface area contributed by atoms with Crippen molar-refractivity contribution in [1.82, 2.24) is 20.5 Å². The Balaban J connectivity index is 1.32. The maximum atomic E-state index is 15.2. The van der Waals surface area contributed by atoms with E-state index in [1.807, 2.05) is 0 Å². The second-order valence-corrected chi connectivity index (χ2v) is 11.3. The Morgan fingerprint density at radius 1 is 1.27 bits per heavy atom. The molecule has 2 bridgehead atoms. The predicted octanol–water partition coefficient (Wildman–Crippen LogP) is 2.69. The number of ether oxygens (including phenoxy) is 2. The maximum absolute atomic E-state index is 15.2. The normalized spacial score (nSPS) is 28.6. The van der Waals surface area contributed by atoms with E-state index in [2.05, 4.69) is 15.6 Å². The van der Waals surface area contributed by atoms with Crippen LogP contribution in [0.25, 0.3) is 10.9 Å². The minimum atomic E-state index is -3.13. The van der Waals surface area contributed by atoms with Crippen molar-refractivity contribution < 1.29 is 37.4 Å². The van der Waals surface area contributed by atoms with Crippen LogP contribution < -0.4 is 15.4 Å². The first-order chi connectivity index (χ1) is 19.7. The van der Waals surface area contributed by atoms with Crippen molar-refractivity contribution in [3.8, 4) is 5.75 Å². The molecule has 2 aromatic rings. The molecule has 3 amide bonds. The summed E-state index contributed by atoms with van der Waals surface area (Å²) < 4.78 is 40.9. The number of rotatable bonds is 7. The van der Waals surface area contributed by atoms with E-state index in [4.69, 9.17) is 9.47 Å². The van der Waals surface area contributed by atoms with Crippen LogP contribution in [-0.2, 0) is 19.1 Å². The molecule has 5 aliphatic rings. The smallest absolute Gasteiger partial charge is 0.333 e. The van der Waals surface area contributed by atoms with Crippen LogP contribution in [0.2, 0.25) is 0 Å². The molecular weight excluding hydrogens is 538 g/mol. The lowest BCUT2D eigenvalue weighted by Crippen LogP contribution is -2.68. The molecule has 218 valence electrons. The number of carbonyl (C=O) groups is 4. The van der Waals surface area contributed by atoms with Crippen molar-refractivity contribution in [2.45, 2.75) is 62.6 Å². The fourth-order valence-electron chi connectivity index (χ4n) is 6.81. The summed E-state index contributed by atoms with van der Waals surface area (Å²) in [5.41, 5.74) is 1.18. The van der Waals surface area contributed by atoms with Gasteiger partial charge in [-0.2, -0.15) is 0 Å². The van der Waals surface area contributed by atoms with E-state index >= 15 is 8.78 Å². The monoisotopic (exact) mass is 570 g/mol. The summed E-state index contributed by atoms with van der Waals surface area (Å²) in [7, 11) is 1.52. The Hall–Kier alpha value is -3.96. The van der Waals surface area contributed by atoms with E-state index in [1.54, 1.807) is 30.3 Å². The lowest BCUT2D eigenvalue weighted by atomic mass is 9.71. The van der Waals surface area contributed by atoms with Crippen LogP contribution in [0.3, 0.4) is 0 Å². The Bertz CT molecular complexity index is 1440. The Morgan fingerprint density at radius 3 is 2.78 bits per heavy atom. The van der Waals surface area contributed by atoms with Gasteiger partial charge in [-0.25, -0.2) is 13.6 Å². The molecule has 1 saturated carbocycles. The van der Waals surface area contributed by atoms with E-state index in [0.29, 0.717) is 48.0 Å². The van der Waals surface area contributed by atoms with Gasteiger partial charge in [-0.15, -0.1) is 0 Å². The van der Waals surface area contributed by atoms with Gasteiger partial charge < -0.3 is 30.0 Å². The minimum absolute atomic E-state index is 0.100. The van der Waals surface area contributed by atoms with Gasteiger partial charge >= 0.3 is 5.97 Å². The molecule has 5 fully saturated rings. The zero-order valence-electron chi connectivity index (χ0n) is 22.6. The molecule has 10 nitrogen and oxygen atoms in total. The van der Waals surface area contributed by atoms with Gasteiger partial charge in [0.05, 0.1) is 19.6 Å². The SMILES string of the molecule is COc1cccc2[nH]c(C(=O)N3[C@@H]4CC[C@H]([C@H]3C(=O)N[C@H](/C=C3\CCOC3=O)C[C@@H]3CCNC3=O)C(F)(F)C4)cc12. The predicted molar refractivity (Wildman–Crippen MR) is 142 cm³/mol. The molecule has 4 aliphatic heterocycles. The first kappa shape index (κ1) is 27.2. The molecule has 1 aliphatic carbocycles. The third kappa shape index (κ3) is 4.93. The van der Waals surface area contributed by atoms with Crippen molar-refractivity contribution in [2.75, 3.05) is 20.3 Å². The number of nitrogens with zero attached hydrogens (tertiary/aromatic N) is 1. The molecule has 1 aromatic heterocycles. The van der Waals surface area contributed by atoms with Gasteiger partial charge in [-0.05, 0) is 43.9 Å². The van der Waals surface area contributed by atoms with E-state index in [0.717, 1.165) is 0 Å². The fraction of sp³-hybridized carbons (Fsp3) is 0.517. The first-order valence-corrected chi connectivity index (χ1v) is 14.0. The number of aromatic amines is 1. The summed E-state index contributed by atoms with van der Waals surface area (Å²) in [5, 5.41) is 6.25. The number of benzene rings is 1. The van der Waals surface area contributed by atoms with E-state index < -0.39 is 60.1 Å². The molecular formula is C29H32F2N4O6. The quantitative estimate of drug-likeness (QED) is 0.347. The minimum Gasteiger partial charge on any atom is -0.496 e. The molecule has 0 unspecified atom stereocenters. The van der Waals surface area contributed by atoms with Crippen molar-refractivity contribution in [2.24, 2.45) is 11.8 Å². The van der Waals surface area contributed by atoms with Gasteiger partial charge in [0.2, 0.25) is 11.8 Å². The molecule has 12 heteroatoms. The number of alkyl halides is 2. The highest BCUT2D eigenvalue weighted by Gasteiger charge is 2.60. The number of esters is 1. The number of carbonyl (C=O) groups excluding carboxylic acids is 4. The van der Waals surface area contributed by atoms with E-state index in [-0.39, 0.29) is 31.0 Å². The third-order valence-electron chi connectivity index (χ3n) is 8.81. The second-order valence-electron chi connectivity index (χ2n) is 11.3. The number of H-pyrrole nitrogens is 1. The van der Waals surface area contributed by atoms with Crippen LogP contribution in [-0.4, -0.2) is 77.9 Å². The highest BCUT2D eigenvalue weighted by atomic mass is 19.3. The summed E-state index contributed by atoms with van der Waals surface area (Å²) in [6.07, 6.45) is 2.61. The second kappa shape index (κ2) is 10.5. The lowest BCUT2D eigenvalue weighted by Gasteiger charge is -2.53. The summed E-state index contributed by atoms with van der Waals surface area (Å²) in [5.74, 6) is -6.28. The van der Waals surface area contributed by atoms with Crippen molar-refractivity contribution in [3.05, 3.63) is 41.6 Å². The Morgan fingerprint density at radius 2 is 2.10 bits per heavy atom. The molecule has 0 radical (unpaired) electrons. The number of methoxy groups -OCH3 is 1. The average Bonchev–Trinajstić information content (AvgIpc) is 3.67. The van der Waals surface area contributed by atoms with Crippen LogP contribution in [0.1, 0.15) is 49.0 Å². The summed E-state index contributed by atoms with van der Waals surface area (Å²) in [4.78, 5) is 56.6. The van der Waals surface area contributed by atoms with Crippen molar-refractivity contribution in [1.29, 1.82) is 0 Å².